The number of hydrogen-bond donors (Lipinski definition) is 1. The Bertz CT molecular complexity index is 1010. The molecule has 0 aliphatic rings. The van der Waals surface area contributed by atoms with Gasteiger partial charge in [-0.2, -0.15) is 0 Å². The molecule has 0 unspecified atom stereocenters. The number of halogens is 2. The Morgan fingerprint density at radius 2 is 1.52 bits per heavy atom. The van der Waals surface area contributed by atoms with E-state index in [-0.39, 0.29) is 12.5 Å². The van der Waals surface area contributed by atoms with Crippen LogP contribution in [-0.2, 0) is 26.2 Å². The molecule has 0 saturated carbocycles. The van der Waals surface area contributed by atoms with Gasteiger partial charge in [-0.25, -0.2) is 8.42 Å². The van der Waals surface area contributed by atoms with E-state index in [0.29, 0.717) is 12.2 Å². The van der Waals surface area contributed by atoms with E-state index < -0.39 is 28.5 Å². The summed E-state index contributed by atoms with van der Waals surface area (Å²) < 4.78 is 27.6. The summed E-state index contributed by atoms with van der Waals surface area (Å²) in [6, 6.07) is 13.2. The molecule has 0 fully saturated rings. The smallest absolute Gasteiger partial charge is 0.244 e. The molecule has 0 spiro atoms. The van der Waals surface area contributed by atoms with Crippen molar-refractivity contribution in [1.82, 2.24) is 10.2 Å². The molecule has 0 saturated heterocycles. The Kier molecular flexibility index (Phi) is 9.08. The number of nitrogens with zero attached hydrogens (tertiary/aromatic N) is 2. The van der Waals surface area contributed by atoms with E-state index in [1.165, 1.54) is 4.90 Å². The minimum atomic E-state index is -3.73. The number of carbonyl (C=O) groups excluding carboxylic acids is 2. The van der Waals surface area contributed by atoms with Crippen molar-refractivity contribution < 1.29 is 18.0 Å². The largest absolute Gasteiger partial charge is 0.355 e. The highest BCUT2D eigenvalue weighted by atomic mass is 79.9. The van der Waals surface area contributed by atoms with E-state index in [2.05, 4.69) is 37.2 Å². The number of benzene rings is 2. The summed E-state index contributed by atoms with van der Waals surface area (Å²) >= 11 is 6.70. The first-order chi connectivity index (χ1) is 14.5. The molecule has 0 aromatic heterocycles. The molecule has 0 heterocycles. The summed E-state index contributed by atoms with van der Waals surface area (Å²) in [7, 11) is -3.73. The van der Waals surface area contributed by atoms with E-state index in [0.717, 1.165) is 25.1 Å². The molecule has 0 aliphatic carbocycles. The van der Waals surface area contributed by atoms with Gasteiger partial charge in [0, 0.05) is 22.0 Å². The van der Waals surface area contributed by atoms with Gasteiger partial charge in [0.1, 0.15) is 12.6 Å². The van der Waals surface area contributed by atoms with Crippen molar-refractivity contribution in [3.05, 3.63) is 63.0 Å². The summed E-state index contributed by atoms with van der Waals surface area (Å²) in [5, 5.41) is 2.72. The standard InChI is InChI=1S/C21H25Br2N3O4S/c1-4-24-21(28)15(2)25(13-16-5-7-17(22)8-6-16)20(27)14-26(31(3,29)30)19-11-9-18(23)10-12-19/h5-12,15H,4,13-14H2,1-3H3,(H,24,28)/t15-/m1/s1. The van der Waals surface area contributed by atoms with Crippen LogP contribution in [0, 0.1) is 0 Å². The van der Waals surface area contributed by atoms with Crippen molar-refractivity contribution in [3.8, 4) is 0 Å². The van der Waals surface area contributed by atoms with Gasteiger partial charge < -0.3 is 10.2 Å². The van der Waals surface area contributed by atoms with Crippen molar-refractivity contribution in [1.29, 1.82) is 0 Å². The number of hydrogen-bond acceptors (Lipinski definition) is 4. The van der Waals surface area contributed by atoms with Gasteiger partial charge in [-0.15, -0.1) is 0 Å². The van der Waals surface area contributed by atoms with Gasteiger partial charge in [-0.1, -0.05) is 44.0 Å². The number of likely N-dealkylation sites (N-methyl/N-ethyl adjacent to an activating group) is 1. The topological polar surface area (TPSA) is 86.8 Å². The molecule has 2 rings (SSSR count). The van der Waals surface area contributed by atoms with Crippen molar-refractivity contribution >= 4 is 59.4 Å². The zero-order valence-electron chi connectivity index (χ0n) is 17.5. The Morgan fingerprint density at radius 3 is 2.00 bits per heavy atom. The number of anilines is 1. The Hall–Kier alpha value is -1.91. The number of sulfonamides is 1. The quantitative estimate of drug-likeness (QED) is 0.496. The summed E-state index contributed by atoms with van der Waals surface area (Å²) in [5.41, 5.74) is 1.19. The van der Waals surface area contributed by atoms with E-state index in [4.69, 9.17) is 0 Å². The van der Waals surface area contributed by atoms with E-state index in [1.54, 1.807) is 38.1 Å². The van der Waals surface area contributed by atoms with Crippen LogP contribution in [0.15, 0.2) is 57.5 Å². The number of nitrogens with one attached hydrogen (secondary N) is 1. The van der Waals surface area contributed by atoms with Gasteiger partial charge in [0.2, 0.25) is 21.8 Å². The van der Waals surface area contributed by atoms with Gasteiger partial charge in [-0.3, -0.25) is 13.9 Å². The SMILES string of the molecule is CCNC(=O)[C@@H](C)N(Cc1ccc(Br)cc1)C(=O)CN(c1ccc(Br)cc1)S(C)(=O)=O. The second-order valence-electron chi connectivity index (χ2n) is 6.96. The first-order valence-corrected chi connectivity index (χ1v) is 13.0. The van der Waals surface area contributed by atoms with Crippen LogP contribution in [0.3, 0.4) is 0 Å². The molecule has 10 heteroatoms. The maximum Gasteiger partial charge on any atom is 0.244 e. The predicted molar refractivity (Wildman–Crippen MR) is 129 cm³/mol. The summed E-state index contributed by atoms with van der Waals surface area (Å²) in [4.78, 5) is 27.2. The van der Waals surface area contributed by atoms with Crippen molar-refractivity contribution in [3.63, 3.8) is 0 Å². The Balaban J connectivity index is 2.35. The minimum Gasteiger partial charge on any atom is -0.355 e. The highest BCUT2D eigenvalue weighted by Gasteiger charge is 2.29. The number of rotatable bonds is 9. The molecule has 0 radical (unpaired) electrons. The molecule has 0 aliphatic heterocycles. The molecule has 2 aromatic rings. The fraction of sp³-hybridized carbons (Fsp3) is 0.333. The van der Waals surface area contributed by atoms with Gasteiger partial charge in [0.25, 0.3) is 0 Å². The normalized spacial score (nSPS) is 12.2. The monoisotopic (exact) mass is 573 g/mol. The molecule has 2 aromatic carbocycles. The lowest BCUT2D eigenvalue weighted by molar-refractivity contribution is -0.139. The second kappa shape index (κ2) is 11.1. The molecule has 7 nitrogen and oxygen atoms in total. The van der Waals surface area contributed by atoms with Crippen LogP contribution in [0.1, 0.15) is 19.4 Å². The molecule has 1 N–H and O–H groups in total. The molecule has 0 bridgehead atoms. The first-order valence-electron chi connectivity index (χ1n) is 9.57. The molecule has 31 heavy (non-hydrogen) atoms. The van der Waals surface area contributed by atoms with Crippen LogP contribution in [0.2, 0.25) is 0 Å². The molecular formula is C21H25Br2N3O4S. The summed E-state index contributed by atoms with van der Waals surface area (Å²) in [6.07, 6.45) is 1.05. The fourth-order valence-electron chi connectivity index (χ4n) is 2.91. The van der Waals surface area contributed by atoms with Crippen molar-refractivity contribution in [2.45, 2.75) is 26.4 Å². The highest BCUT2D eigenvalue weighted by Crippen LogP contribution is 2.22. The lowest BCUT2D eigenvalue weighted by atomic mass is 10.1. The summed E-state index contributed by atoms with van der Waals surface area (Å²) in [6.45, 7) is 3.61. The average Bonchev–Trinajstić information content (AvgIpc) is 2.71. The Labute approximate surface area is 200 Å². The molecule has 168 valence electrons. The fourth-order valence-corrected chi connectivity index (χ4v) is 4.29. The number of amides is 2. The van der Waals surface area contributed by atoms with E-state index in [1.807, 2.05) is 24.3 Å². The van der Waals surface area contributed by atoms with Crippen LogP contribution in [-0.4, -0.2) is 50.5 Å². The molecule has 2 amide bonds. The van der Waals surface area contributed by atoms with Gasteiger partial charge in [0.05, 0.1) is 11.9 Å². The molecule has 1 atom stereocenters. The second-order valence-corrected chi connectivity index (χ2v) is 10.7. The van der Waals surface area contributed by atoms with Gasteiger partial charge in [0.15, 0.2) is 0 Å². The third-order valence-electron chi connectivity index (χ3n) is 4.58. The van der Waals surface area contributed by atoms with Gasteiger partial charge in [-0.05, 0) is 55.8 Å². The lowest BCUT2D eigenvalue weighted by Crippen LogP contribution is -2.51. The van der Waals surface area contributed by atoms with Crippen LogP contribution in [0.4, 0.5) is 5.69 Å². The lowest BCUT2D eigenvalue weighted by Gasteiger charge is -2.31. The average molecular weight is 575 g/mol. The number of carbonyl (C=O) groups is 2. The zero-order valence-corrected chi connectivity index (χ0v) is 21.5. The maximum atomic E-state index is 13.3. The van der Waals surface area contributed by atoms with Crippen LogP contribution >= 0.6 is 31.9 Å². The van der Waals surface area contributed by atoms with Crippen molar-refractivity contribution in [2.24, 2.45) is 0 Å². The van der Waals surface area contributed by atoms with Crippen molar-refractivity contribution in [2.75, 3.05) is 23.7 Å². The highest BCUT2D eigenvalue weighted by molar-refractivity contribution is 9.10. The summed E-state index contributed by atoms with van der Waals surface area (Å²) in [5.74, 6) is -0.780. The van der Waals surface area contributed by atoms with E-state index >= 15 is 0 Å². The first kappa shape index (κ1) is 25.4. The third kappa shape index (κ3) is 7.33. The maximum absolute atomic E-state index is 13.3. The van der Waals surface area contributed by atoms with E-state index in [9.17, 15) is 18.0 Å². The van der Waals surface area contributed by atoms with Crippen LogP contribution in [0.25, 0.3) is 0 Å². The zero-order chi connectivity index (χ0) is 23.2. The predicted octanol–water partition coefficient (Wildman–Crippen LogP) is 3.53. The minimum absolute atomic E-state index is 0.169. The van der Waals surface area contributed by atoms with Crippen LogP contribution < -0.4 is 9.62 Å². The third-order valence-corrected chi connectivity index (χ3v) is 6.78. The molecular weight excluding hydrogens is 550 g/mol. The van der Waals surface area contributed by atoms with Crippen LogP contribution in [0.5, 0.6) is 0 Å². The van der Waals surface area contributed by atoms with Gasteiger partial charge >= 0.3 is 0 Å². The Morgan fingerprint density at radius 1 is 1.00 bits per heavy atom.